The molecule has 0 fully saturated rings. The zero-order chi connectivity index (χ0) is 36.6. The summed E-state index contributed by atoms with van der Waals surface area (Å²) in [5, 5.41) is -0.623. The summed E-state index contributed by atoms with van der Waals surface area (Å²) in [5.41, 5.74) is 11.3. The van der Waals surface area contributed by atoms with Gasteiger partial charge in [-0.25, -0.2) is 0 Å². The van der Waals surface area contributed by atoms with Crippen LogP contribution < -0.4 is 0 Å². The summed E-state index contributed by atoms with van der Waals surface area (Å²) in [6.45, 7) is 24.1. The molecule has 0 saturated heterocycles. The van der Waals surface area contributed by atoms with E-state index in [-0.39, 0.29) is 0 Å². The molecule has 0 aliphatic heterocycles. The van der Waals surface area contributed by atoms with Gasteiger partial charge in [0.1, 0.15) is 0 Å². The van der Waals surface area contributed by atoms with Crippen molar-refractivity contribution in [2.45, 2.75) is 171 Å². The average molecular weight is 683 g/mol. The van der Waals surface area contributed by atoms with Crippen LogP contribution in [0.1, 0.15) is 166 Å². The van der Waals surface area contributed by atoms with Gasteiger partial charge in [-0.2, -0.15) is 0 Å². The summed E-state index contributed by atoms with van der Waals surface area (Å²) in [5.74, 6) is 0. The summed E-state index contributed by atoms with van der Waals surface area (Å²) in [4.78, 5) is 0. The maximum absolute atomic E-state index is 13.7. The summed E-state index contributed by atoms with van der Waals surface area (Å²) in [6.07, 6.45) is 33.1. The Morgan fingerprint density at radius 1 is 0.438 bits per heavy atom. The Kier molecular flexibility index (Phi) is 24.9. The minimum absolute atomic E-state index is 0.623. The molecule has 0 saturated carbocycles. The van der Waals surface area contributed by atoms with Crippen molar-refractivity contribution in [2.75, 3.05) is 14.2 Å². The minimum atomic E-state index is -3.30. The highest BCUT2D eigenvalue weighted by atomic mass is 31.2. The highest BCUT2D eigenvalue weighted by Crippen LogP contribution is 2.62. The molecule has 0 aromatic heterocycles. The van der Waals surface area contributed by atoms with Crippen molar-refractivity contribution in [1.29, 1.82) is 0 Å². The quantitative estimate of drug-likeness (QED) is 0.0710. The van der Waals surface area contributed by atoms with Gasteiger partial charge in [-0.3, -0.25) is 4.57 Å². The van der Waals surface area contributed by atoms with Gasteiger partial charge in [-0.15, -0.1) is 0 Å². The fraction of sp³-hybridized carbons (Fsp3) is 0.636. The molecule has 274 valence electrons. The Hall–Kier alpha value is -1.93. The van der Waals surface area contributed by atoms with Gasteiger partial charge in [0.15, 0.2) is 0 Å². The maximum Gasteiger partial charge on any atom is 0.336 e. The van der Waals surface area contributed by atoms with Gasteiger partial charge < -0.3 is 9.05 Å². The summed E-state index contributed by atoms with van der Waals surface area (Å²) in [7, 11) is -0.275. The lowest BCUT2D eigenvalue weighted by molar-refractivity contribution is 0.247. The molecule has 0 amide bonds. The predicted octanol–water partition coefficient (Wildman–Crippen LogP) is 15.3. The molecule has 0 heterocycles. The van der Waals surface area contributed by atoms with Crippen LogP contribution in [0, 0.1) is 0 Å². The highest BCUT2D eigenvalue weighted by Gasteiger charge is 2.44. The first-order chi connectivity index (χ1) is 22.6. The van der Waals surface area contributed by atoms with Crippen LogP contribution in [0.15, 0.2) is 93.2 Å². The van der Waals surface area contributed by atoms with E-state index >= 15 is 0 Å². The number of rotatable bonds is 25. The second-order valence-electron chi connectivity index (χ2n) is 14.9. The normalized spacial score (nSPS) is 14.4. The van der Waals surface area contributed by atoms with E-state index in [0.29, 0.717) is 12.8 Å². The van der Waals surface area contributed by atoms with E-state index in [1.807, 2.05) is 6.92 Å². The van der Waals surface area contributed by atoms with Gasteiger partial charge in [0, 0.05) is 14.2 Å². The largest absolute Gasteiger partial charge is 0.336 e. The molecule has 0 aliphatic carbocycles. The van der Waals surface area contributed by atoms with Gasteiger partial charge in [-0.1, -0.05) is 93.2 Å². The summed E-state index contributed by atoms with van der Waals surface area (Å²) in [6, 6.07) is 0. The van der Waals surface area contributed by atoms with Crippen LogP contribution in [-0.2, 0) is 13.6 Å². The van der Waals surface area contributed by atoms with Crippen molar-refractivity contribution in [3.05, 3.63) is 93.2 Å². The van der Waals surface area contributed by atoms with E-state index in [1.165, 1.54) is 58.8 Å². The predicted molar refractivity (Wildman–Crippen MR) is 216 cm³/mol. The third-order valence-corrected chi connectivity index (χ3v) is 11.9. The molecule has 0 radical (unpaired) electrons. The molecule has 0 rings (SSSR count). The van der Waals surface area contributed by atoms with Gasteiger partial charge in [-0.05, 0) is 166 Å². The molecule has 0 atom stereocenters. The SMILES string of the molecule is COP(=O)(OC)C(C)(C/C=C(\C)CC/C=C(\C)CC/C=C(\C)CCC=C(C)C)C/C=C(\C)CC/C=C(\C)CC/C=C(\C)CCC=C(C)C. The molecule has 0 aliphatic rings. The van der Waals surface area contributed by atoms with Crippen LogP contribution in [0.3, 0.4) is 0 Å². The van der Waals surface area contributed by atoms with Crippen LogP contribution >= 0.6 is 7.60 Å². The molecule has 0 aromatic carbocycles. The average Bonchev–Trinajstić information content (AvgIpc) is 3.02. The van der Waals surface area contributed by atoms with E-state index in [9.17, 15) is 4.57 Å². The second-order valence-corrected chi connectivity index (χ2v) is 17.7. The Balaban J connectivity index is 5.08. The van der Waals surface area contributed by atoms with E-state index in [0.717, 1.165) is 77.0 Å². The van der Waals surface area contributed by atoms with Crippen molar-refractivity contribution in [3.63, 3.8) is 0 Å². The Morgan fingerprint density at radius 3 is 0.896 bits per heavy atom. The van der Waals surface area contributed by atoms with E-state index in [2.05, 4.69) is 118 Å². The Morgan fingerprint density at radius 2 is 0.667 bits per heavy atom. The van der Waals surface area contributed by atoms with Crippen LogP contribution in [0.5, 0.6) is 0 Å². The lowest BCUT2D eigenvalue weighted by atomic mass is 9.97. The molecule has 0 spiro atoms. The van der Waals surface area contributed by atoms with Gasteiger partial charge in [0.2, 0.25) is 0 Å². The Labute approximate surface area is 299 Å². The van der Waals surface area contributed by atoms with Gasteiger partial charge in [0.05, 0.1) is 5.16 Å². The zero-order valence-electron chi connectivity index (χ0n) is 33.7. The molecular formula is C44H75O3P. The lowest BCUT2D eigenvalue weighted by Crippen LogP contribution is -2.25. The van der Waals surface area contributed by atoms with Crippen molar-refractivity contribution in [2.24, 2.45) is 0 Å². The zero-order valence-corrected chi connectivity index (χ0v) is 34.6. The monoisotopic (exact) mass is 683 g/mol. The van der Waals surface area contributed by atoms with Crippen LogP contribution in [-0.4, -0.2) is 19.4 Å². The molecule has 48 heavy (non-hydrogen) atoms. The van der Waals surface area contributed by atoms with E-state index in [4.69, 9.17) is 9.05 Å². The second kappa shape index (κ2) is 26.0. The van der Waals surface area contributed by atoms with E-state index in [1.54, 1.807) is 0 Å². The maximum atomic E-state index is 13.7. The standard InChI is InChI=1S/C44H75O3P/c1-36(2)20-14-22-38(5)24-16-26-40(7)28-18-30-42(9)32-34-44(11,48(45,46-12)47-13)35-33-43(10)31-19-29-41(8)27-17-25-39(6)23-15-21-37(3)4/h20-21,24-25,28-29,32-33H,14-19,22-23,26-27,30-31,34-35H2,1-13H3/b38-24+,39-25+,40-28+,41-29+,42-32+,43-33+. The minimum Gasteiger partial charge on any atom is -0.312 e. The summed E-state index contributed by atoms with van der Waals surface area (Å²) < 4.78 is 24.9. The van der Waals surface area contributed by atoms with Gasteiger partial charge >= 0.3 is 7.60 Å². The number of hydrogen-bond acceptors (Lipinski definition) is 3. The number of hydrogen-bond donors (Lipinski definition) is 0. The molecule has 0 N–H and O–H groups in total. The first-order valence-electron chi connectivity index (χ1n) is 18.5. The van der Waals surface area contributed by atoms with Crippen molar-refractivity contribution in [1.82, 2.24) is 0 Å². The Bertz CT molecular complexity index is 1140. The molecule has 0 unspecified atom stereocenters. The molecule has 3 nitrogen and oxygen atoms in total. The third-order valence-electron chi connectivity index (χ3n) is 9.23. The van der Waals surface area contributed by atoms with Crippen molar-refractivity contribution in [3.8, 4) is 0 Å². The first-order valence-corrected chi connectivity index (χ1v) is 20.0. The topological polar surface area (TPSA) is 35.5 Å². The van der Waals surface area contributed by atoms with Crippen LogP contribution in [0.4, 0.5) is 0 Å². The van der Waals surface area contributed by atoms with Crippen molar-refractivity contribution < 1.29 is 13.6 Å². The molecule has 0 aromatic rings. The van der Waals surface area contributed by atoms with Crippen LogP contribution in [0.2, 0.25) is 0 Å². The fourth-order valence-electron chi connectivity index (χ4n) is 5.58. The molecule has 0 bridgehead atoms. The number of allylic oxidation sites excluding steroid dienone is 16. The van der Waals surface area contributed by atoms with Crippen molar-refractivity contribution >= 4 is 7.60 Å². The molecule has 4 heteroatoms. The fourth-order valence-corrected chi connectivity index (χ4v) is 7.25. The highest BCUT2D eigenvalue weighted by molar-refractivity contribution is 7.55. The lowest BCUT2D eigenvalue weighted by Gasteiger charge is -2.33. The van der Waals surface area contributed by atoms with Crippen LogP contribution in [0.25, 0.3) is 0 Å². The van der Waals surface area contributed by atoms with E-state index < -0.39 is 12.8 Å². The van der Waals surface area contributed by atoms with Gasteiger partial charge in [0.25, 0.3) is 0 Å². The molecular weight excluding hydrogens is 607 g/mol. The third kappa shape index (κ3) is 21.9. The first kappa shape index (κ1) is 46.1. The smallest absolute Gasteiger partial charge is 0.312 e. The summed E-state index contributed by atoms with van der Waals surface area (Å²) >= 11 is 0.